The van der Waals surface area contributed by atoms with Crippen molar-refractivity contribution in [2.24, 2.45) is 0 Å². The molecule has 0 nitrogen and oxygen atoms in total. The molecule has 0 heterocycles. The Morgan fingerprint density at radius 3 is 1.00 bits per heavy atom. The summed E-state index contributed by atoms with van der Waals surface area (Å²) in [5.41, 5.74) is 3.43. The summed E-state index contributed by atoms with van der Waals surface area (Å²) in [6.45, 7) is 18.0. The van der Waals surface area contributed by atoms with Crippen molar-refractivity contribution in [3.63, 3.8) is 0 Å². The second-order valence-corrected chi connectivity index (χ2v) is 10.6. The van der Waals surface area contributed by atoms with Crippen LogP contribution in [0.5, 0.6) is 0 Å². The van der Waals surface area contributed by atoms with E-state index in [9.17, 15) is 0 Å². The van der Waals surface area contributed by atoms with Crippen LogP contribution in [-0.2, 0) is 13.0 Å². The van der Waals surface area contributed by atoms with E-state index in [2.05, 4.69) is 106 Å². The van der Waals surface area contributed by atoms with Crippen LogP contribution >= 0.6 is 47.8 Å². The highest BCUT2D eigenvalue weighted by Crippen LogP contribution is 2.42. The quantitative estimate of drug-likeness (QED) is 0.304. The van der Waals surface area contributed by atoms with Gasteiger partial charge in [-0.15, -0.1) is 19.7 Å². The molecule has 21 heavy (non-hydrogen) atoms. The van der Waals surface area contributed by atoms with Crippen LogP contribution in [0.2, 0.25) is 0 Å². The minimum absolute atomic E-state index is 0.285. The van der Waals surface area contributed by atoms with Crippen molar-refractivity contribution in [2.75, 3.05) is 0 Å². The predicted octanol–water partition coefficient (Wildman–Crippen LogP) is 7.07. The molecule has 114 valence electrons. The van der Waals surface area contributed by atoms with Crippen LogP contribution in [0, 0.1) is 0 Å². The highest BCUT2D eigenvalue weighted by atomic mass is 79.9. The van der Waals surface area contributed by atoms with Gasteiger partial charge in [0.25, 0.3) is 0 Å². The Labute approximate surface area is 153 Å². The summed E-state index contributed by atoms with van der Waals surface area (Å²) in [7, 11) is 0. The first-order valence-electron chi connectivity index (χ1n) is 6.64. The number of halogens is 3. The van der Waals surface area contributed by atoms with E-state index in [-0.39, 0.29) is 13.0 Å². The van der Waals surface area contributed by atoms with Crippen molar-refractivity contribution >= 4 is 47.8 Å². The molecule has 0 aliphatic heterocycles. The van der Waals surface area contributed by atoms with Gasteiger partial charge in [0, 0.05) is 0 Å². The molecule has 3 atom stereocenters. The Morgan fingerprint density at radius 1 is 0.667 bits per heavy atom. The lowest BCUT2D eigenvalue weighted by molar-refractivity contribution is 0.835. The summed E-state index contributed by atoms with van der Waals surface area (Å²) in [4.78, 5) is 0. The molecule has 0 saturated carbocycles. The fraction of sp³-hybridized carbons (Fsp3) is 0.333. The van der Waals surface area contributed by atoms with Crippen molar-refractivity contribution in [1.82, 2.24) is 0 Å². The first kappa shape index (κ1) is 18.9. The Morgan fingerprint density at radius 2 is 0.857 bits per heavy atom. The van der Waals surface area contributed by atoms with E-state index in [0.717, 1.165) is 16.7 Å². The molecule has 1 rings (SSSR count). The van der Waals surface area contributed by atoms with Crippen LogP contribution in [-0.4, -0.2) is 0 Å². The number of allylic oxidation sites excluding steroid dienone is 3. The number of rotatable bonds is 6. The molecule has 0 spiro atoms. The van der Waals surface area contributed by atoms with Crippen LogP contribution in [0.3, 0.4) is 0 Å². The van der Waals surface area contributed by atoms with Crippen molar-refractivity contribution in [3.05, 3.63) is 72.9 Å². The van der Waals surface area contributed by atoms with Crippen LogP contribution in [0.4, 0.5) is 0 Å². The van der Waals surface area contributed by atoms with Crippen molar-refractivity contribution in [3.8, 4) is 0 Å². The third-order valence-corrected chi connectivity index (χ3v) is 6.12. The Balaban J connectivity index is 3.66. The topological polar surface area (TPSA) is 0 Å². The van der Waals surface area contributed by atoms with Gasteiger partial charge in [-0.05, 0) is 37.5 Å². The van der Waals surface area contributed by atoms with Crippen LogP contribution in [0.25, 0.3) is 0 Å². The average Bonchev–Trinajstić information content (AvgIpc) is 2.46. The lowest BCUT2D eigenvalue weighted by Gasteiger charge is -2.28. The number of benzene rings is 1. The van der Waals surface area contributed by atoms with E-state index in [4.69, 9.17) is 0 Å². The first-order valence-corrected chi connectivity index (χ1v) is 9.02. The van der Waals surface area contributed by atoms with Crippen LogP contribution in [0.15, 0.2) is 56.2 Å². The van der Waals surface area contributed by atoms with E-state index < -0.39 is 0 Å². The van der Waals surface area contributed by atoms with Gasteiger partial charge in [-0.2, -0.15) is 0 Å². The van der Waals surface area contributed by atoms with Crippen molar-refractivity contribution in [2.45, 2.75) is 33.7 Å². The van der Waals surface area contributed by atoms with Gasteiger partial charge < -0.3 is 0 Å². The van der Waals surface area contributed by atoms with Crippen LogP contribution < -0.4 is 0 Å². The highest BCUT2D eigenvalue weighted by molar-refractivity contribution is 9.10. The molecule has 0 aromatic heterocycles. The fourth-order valence-corrected chi connectivity index (χ4v) is 2.51. The summed E-state index contributed by atoms with van der Waals surface area (Å²) < 4.78 is -0.856. The summed E-state index contributed by atoms with van der Waals surface area (Å²) in [5, 5.41) is 0. The molecule has 1 aromatic rings. The van der Waals surface area contributed by atoms with E-state index in [1.807, 2.05) is 18.2 Å². The van der Waals surface area contributed by atoms with E-state index >= 15 is 0 Å². The summed E-state index contributed by atoms with van der Waals surface area (Å²) >= 11 is 11.2. The maximum Gasteiger partial charge on any atom is 0.0655 e. The normalized spacial score (nSPS) is 19.7. The van der Waals surface area contributed by atoms with Crippen molar-refractivity contribution < 1.29 is 0 Å². The second-order valence-electron chi connectivity index (χ2n) is 5.64. The Bertz CT molecular complexity index is 473. The molecule has 0 N–H and O–H groups in total. The third-order valence-electron chi connectivity index (χ3n) is 3.78. The molecule has 0 saturated heterocycles. The van der Waals surface area contributed by atoms with Crippen molar-refractivity contribution in [1.29, 1.82) is 0 Å². The van der Waals surface area contributed by atoms with E-state index in [1.54, 1.807) is 0 Å². The minimum Gasteiger partial charge on any atom is -0.101 e. The molecule has 0 bridgehead atoms. The van der Waals surface area contributed by atoms with Gasteiger partial charge in [0.1, 0.15) is 0 Å². The SMILES string of the molecule is C=CC(C)(Br)c1cc(C(C)(Br)C=C)cc(C(C)(Br)C=C)c1. The van der Waals surface area contributed by atoms with E-state index in [1.165, 1.54) is 0 Å². The molecule has 0 amide bonds. The fourth-order valence-electron chi connectivity index (χ4n) is 1.83. The third kappa shape index (κ3) is 4.20. The maximum absolute atomic E-state index is 3.92. The summed E-state index contributed by atoms with van der Waals surface area (Å²) in [6.07, 6.45) is 5.69. The van der Waals surface area contributed by atoms with Gasteiger partial charge >= 0.3 is 0 Å². The molecule has 0 aliphatic carbocycles. The lowest BCUT2D eigenvalue weighted by atomic mass is 9.88. The van der Waals surface area contributed by atoms with Gasteiger partial charge in [0.15, 0.2) is 0 Å². The molecule has 1 aromatic carbocycles. The zero-order chi connectivity index (χ0) is 16.5. The number of hydrogen-bond donors (Lipinski definition) is 0. The second kappa shape index (κ2) is 6.55. The van der Waals surface area contributed by atoms with Crippen LogP contribution in [0.1, 0.15) is 37.5 Å². The summed E-state index contributed by atoms with van der Waals surface area (Å²) in [5.74, 6) is 0. The maximum atomic E-state index is 3.92. The minimum atomic E-state index is -0.285. The number of alkyl halides is 3. The highest BCUT2D eigenvalue weighted by Gasteiger charge is 2.28. The number of hydrogen-bond acceptors (Lipinski definition) is 0. The van der Waals surface area contributed by atoms with Gasteiger partial charge in [0.2, 0.25) is 0 Å². The largest absolute Gasteiger partial charge is 0.101 e. The zero-order valence-corrected chi connectivity index (χ0v) is 17.5. The van der Waals surface area contributed by atoms with E-state index in [0.29, 0.717) is 0 Å². The first-order chi connectivity index (χ1) is 9.50. The molecular weight excluding hydrogens is 456 g/mol. The summed E-state index contributed by atoms with van der Waals surface area (Å²) in [6, 6.07) is 6.51. The molecule has 0 radical (unpaired) electrons. The van der Waals surface area contributed by atoms with Gasteiger partial charge in [-0.3, -0.25) is 0 Å². The monoisotopic (exact) mass is 474 g/mol. The van der Waals surface area contributed by atoms with Gasteiger partial charge in [-0.25, -0.2) is 0 Å². The smallest absolute Gasteiger partial charge is 0.0655 e. The predicted molar refractivity (Wildman–Crippen MR) is 106 cm³/mol. The van der Waals surface area contributed by atoms with Gasteiger partial charge in [-0.1, -0.05) is 84.2 Å². The van der Waals surface area contributed by atoms with Gasteiger partial charge in [0.05, 0.1) is 13.0 Å². The molecule has 0 aliphatic rings. The molecule has 3 heteroatoms. The zero-order valence-electron chi connectivity index (χ0n) is 12.7. The molecule has 0 fully saturated rings. The molecule has 3 unspecified atom stereocenters. The standard InChI is InChI=1S/C18H21Br3/c1-7-16(4,19)13-10-14(17(5,20)8-2)12-15(11-13)18(6,21)9-3/h7-12H,1-3H2,4-6H3. The Kier molecular flexibility index (Phi) is 5.91. The average molecular weight is 477 g/mol. The Hall–Kier alpha value is -0.120. The lowest BCUT2D eigenvalue weighted by Crippen LogP contribution is -2.18. The molecular formula is C18H21Br3.